The van der Waals surface area contributed by atoms with Gasteiger partial charge < -0.3 is 4.74 Å². The monoisotopic (exact) mass is 479 g/mol. The van der Waals surface area contributed by atoms with E-state index in [9.17, 15) is 13.2 Å². The lowest BCUT2D eigenvalue weighted by Gasteiger charge is -2.22. The summed E-state index contributed by atoms with van der Waals surface area (Å²) in [6.07, 6.45) is 7.00. The summed E-state index contributed by atoms with van der Waals surface area (Å²) in [4.78, 5) is 17.6. The Morgan fingerprint density at radius 3 is 2.50 bits per heavy atom. The molecule has 0 saturated heterocycles. The molecule has 7 nitrogen and oxygen atoms in total. The Labute approximate surface area is 195 Å². The first-order valence-electron chi connectivity index (χ1n) is 11.1. The number of anilines is 2. The van der Waals surface area contributed by atoms with Gasteiger partial charge in [-0.2, -0.15) is 0 Å². The summed E-state index contributed by atoms with van der Waals surface area (Å²) in [6.45, 7) is 8.46. The summed E-state index contributed by atoms with van der Waals surface area (Å²) < 4.78 is 32.7. The maximum atomic E-state index is 12.9. The molecule has 1 fully saturated rings. The van der Waals surface area contributed by atoms with Gasteiger partial charge in [0.2, 0.25) is 10.0 Å². The highest BCUT2D eigenvalue weighted by atomic mass is 32.2. The Hall–Kier alpha value is -2.13. The fourth-order valence-electron chi connectivity index (χ4n) is 3.53. The fourth-order valence-corrected chi connectivity index (χ4v) is 5.42. The number of ether oxygens (including phenoxy) is 1. The molecule has 2 aromatic rings. The third-order valence-corrected chi connectivity index (χ3v) is 8.70. The third-order valence-electron chi connectivity index (χ3n) is 5.40. The van der Waals surface area contributed by atoms with Crippen molar-refractivity contribution in [3.05, 3.63) is 29.4 Å². The van der Waals surface area contributed by atoms with E-state index in [0.717, 1.165) is 28.3 Å². The normalized spacial score (nSPS) is 15.6. The lowest BCUT2D eigenvalue weighted by Crippen LogP contribution is -2.33. The number of carbonyl (C=O) groups excluding carboxylic acids is 1. The first-order valence-corrected chi connectivity index (χ1v) is 13.4. The second-order valence-electron chi connectivity index (χ2n) is 9.45. The van der Waals surface area contributed by atoms with E-state index in [1.165, 1.54) is 19.3 Å². The predicted octanol–water partition coefficient (Wildman–Crippen LogP) is 6.35. The molecule has 1 aliphatic rings. The molecular weight excluding hydrogens is 446 g/mol. The number of carbonyl (C=O) groups is 1. The van der Waals surface area contributed by atoms with Gasteiger partial charge in [0.15, 0.2) is 0 Å². The number of nitrogens with one attached hydrogen (secondary N) is 2. The van der Waals surface area contributed by atoms with Crippen LogP contribution in [-0.4, -0.2) is 30.3 Å². The summed E-state index contributed by atoms with van der Waals surface area (Å²) in [6, 6.07) is 5.18. The number of aromatic nitrogens is 1. The topological polar surface area (TPSA) is 97.4 Å². The lowest BCUT2D eigenvalue weighted by molar-refractivity contribution is 0.130. The van der Waals surface area contributed by atoms with Crippen LogP contribution in [0.5, 0.6) is 0 Å². The molecule has 1 aromatic carbocycles. The van der Waals surface area contributed by atoms with E-state index < -0.39 is 20.9 Å². The number of amides is 1. The minimum absolute atomic E-state index is 0.261. The van der Waals surface area contributed by atoms with Gasteiger partial charge in [0.25, 0.3) is 0 Å². The van der Waals surface area contributed by atoms with Crippen LogP contribution in [0.4, 0.5) is 16.2 Å². The molecule has 1 aliphatic carbocycles. The summed E-state index contributed by atoms with van der Waals surface area (Å²) in [5.41, 5.74) is 1.59. The van der Waals surface area contributed by atoms with Crippen LogP contribution in [0.2, 0.25) is 0 Å². The summed E-state index contributed by atoms with van der Waals surface area (Å²) in [5, 5.41) is 3.77. The Balaban J connectivity index is 1.95. The van der Waals surface area contributed by atoms with Crippen molar-refractivity contribution in [2.24, 2.45) is 0 Å². The molecule has 176 valence electrons. The zero-order valence-corrected chi connectivity index (χ0v) is 21.0. The van der Waals surface area contributed by atoms with E-state index in [0.29, 0.717) is 17.3 Å². The molecule has 0 aliphatic heterocycles. The second kappa shape index (κ2) is 9.79. The van der Waals surface area contributed by atoms with Crippen LogP contribution >= 0.6 is 11.3 Å². The molecule has 0 atom stereocenters. The fraction of sp³-hybridized carbons (Fsp3) is 0.565. The van der Waals surface area contributed by atoms with Crippen LogP contribution in [0.1, 0.15) is 77.6 Å². The quantitative estimate of drug-likeness (QED) is 0.503. The molecule has 2 N–H and O–H groups in total. The van der Waals surface area contributed by atoms with Gasteiger partial charge in [-0.15, -0.1) is 11.3 Å². The van der Waals surface area contributed by atoms with Gasteiger partial charge >= 0.3 is 6.09 Å². The Morgan fingerprint density at radius 2 is 1.88 bits per heavy atom. The number of hydrogen-bond acceptors (Lipinski definition) is 6. The maximum absolute atomic E-state index is 12.9. The predicted molar refractivity (Wildman–Crippen MR) is 131 cm³/mol. The van der Waals surface area contributed by atoms with Gasteiger partial charge in [-0.25, -0.2) is 18.2 Å². The largest absolute Gasteiger partial charge is 0.447 e. The first kappa shape index (κ1) is 24.5. The van der Waals surface area contributed by atoms with E-state index in [4.69, 9.17) is 4.74 Å². The highest BCUT2D eigenvalue weighted by molar-refractivity contribution is 7.94. The number of sulfonamides is 1. The highest BCUT2D eigenvalue weighted by Crippen LogP contribution is 2.40. The van der Waals surface area contributed by atoms with Crippen molar-refractivity contribution in [1.29, 1.82) is 0 Å². The summed E-state index contributed by atoms with van der Waals surface area (Å²) in [5.74, 6) is 0.476. The van der Waals surface area contributed by atoms with Crippen LogP contribution in [0.25, 0.3) is 10.4 Å². The molecule has 1 saturated carbocycles. The van der Waals surface area contributed by atoms with Crippen molar-refractivity contribution in [3.63, 3.8) is 0 Å². The number of thiazole rings is 1. The molecule has 3 rings (SSSR count). The Bertz CT molecular complexity index is 1050. The zero-order valence-electron chi connectivity index (χ0n) is 19.4. The number of rotatable bonds is 6. The smallest absolute Gasteiger partial charge is 0.411 e. The van der Waals surface area contributed by atoms with Crippen molar-refractivity contribution < 1.29 is 17.9 Å². The van der Waals surface area contributed by atoms with Gasteiger partial charge in [-0.3, -0.25) is 10.0 Å². The molecule has 32 heavy (non-hydrogen) atoms. The third kappa shape index (κ3) is 6.01. The summed E-state index contributed by atoms with van der Waals surface area (Å²) >= 11 is 1.61. The van der Waals surface area contributed by atoms with Crippen molar-refractivity contribution in [2.45, 2.75) is 83.5 Å². The second-order valence-corrected chi connectivity index (χ2v) is 13.0. The molecule has 0 spiro atoms. The van der Waals surface area contributed by atoms with Crippen LogP contribution < -0.4 is 10.0 Å². The molecule has 1 aromatic heterocycles. The van der Waals surface area contributed by atoms with Gasteiger partial charge in [0, 0.05) is 23.4 Å². The minimum Gasteiger partial charge on any atom is -0.447 e. The molecular formula is C23H33N3O4S2. The number of hydrogen-bond donors (Lipinski definition) is 2. The Morgan fingerprint density at radius 1 is 1.19 bits per heavy atom. The van der Waals surface area contributed by atoms with Crippen molar-refractivity contribution in [3.8, 4) is 10.4 Å². The molecule has 9 heteroatoms. The van der Waals surface area contributed by atoms with E-state index >= 15 is 0 Å². The maximum Gasteiger partial charge on any atom is 0.411 e. The summed E-state index contributed by atoms with van der Waals surface area (Å²) in [7, 11) is -3.67. The van der Waals surface area contributed by atoms with E-state index in [1.807, 2.05) is 12.3 Å². The van der Waals surface area contributed by atoms with E-state index in [1.54, 1.807) is 58.1 Å². The first-order chi connectivity index (χ1) is 15.0. The Kier molecular flexibility index (Phi) is 7.50. The van der Waals surface area contributed by atoms with Gasteiger partial charge in [-0.05, 0) is 65.7 Å². The van der Waals surface area contributed by atoms with Gasteiger partial charge in [0.05, 0.1) is 26.4 Å². The molecule has 0 bridgehead atoms. The molecule has 0 radical (unpaired) electrons. The van der Waals surface area contributed by atoms with Gasteiger partial charge in [-0.1, -0.05) is 19.3 Å². The highest BCUT2D eigenvalue weighted by Gasteiger charge is 2.30. The molecule has 0 unspecified atom stereocenters. The minimum atomic E-state index is -3.67. The van der Waals surface area contributed by atoms with Crippen LogP contribution in [0.15, 0.2) is 24.4 Å². The van der Waals surface area contributed by atoms with Crippen LogP contribution in [-0.2, 0) is 14.8 Å². The van der Waals surface area contributed by atoms with Crippen molar-refractivity contribution >= 4 is 38.8 Å². The van der Waals surface area contributed by atoms with E-state index in [-0.39, 0.29) is 6.10 Å². The average molecular weight is 480 g/mol. The molecule has 1 heterocycles. The van der Waals surface area contributed by atoms with Crippen LogP contribution in [0, 0.1) is 0 Å². The van der Waals surface area contributed by atoms with Crippen molar-refractivity contribution in [2.75, 3.05) is 10.0 Å². The van der Waals surface area contributed by atoms with Crippen LogP contribution in [0.3, 0.4) is 0 Å². The standard InChI is InChI=1S/C23H33N3O4S2/c1-15(2)30-22(27)25-17-11-12-18(19(13-17)26-32(28,29)23(3,4)5)20-14-24-21(31-20)16-9-7-6-8-10-16/h11-16,26H,6-10H2,1-5H3,(H,25,27). The average Bonchev–Trinajstić information content (AvgIpc) is 3.17. The number of nitrogens with zero attached hydrogens (tertiary/aromatic N) is 1. The van der Waals surface area contributed by atoms with Crippen molar-refractivity contribution in [1.82, 2.24) is 4.98 Å². The lowest BCUT2D eigenvalue weighted by atomic mass is 9.90. The number of benzene rings is 1. The SMILES string of the molecule is CC(C)OC(=O)Nc1ccc(-c2cnc(C3CCCCC3)s2)c(NS(=O)(=O)C(C)(C)C)c1. The van der Waals surface area contributed by atoms with E-state index in [2.05, 4.69) is 15.0 Å². The van der Waals surface area contributed by atoms with Gasteiger partial charge in [0.1, 0.15) is 0 Å². The molecule has 1 amide bonds. The zero-order chi connectivity index (χ0) is 23.5.